The number of aryl methyl sites for hydroxylation is 1. The number of benzene rings is 1. The standard InChI is InChI=1S/C18H24ClN3O3/c1-13-5-4-6-15(9-13)24-11-14(23)10-20-18(2,3)12-25-17-8-7-16(19)21-22-17/h4-9,14,20,23H,10-12H2,1-3H3. The molecule has 2 rings (SSSR count). The average molecular weight is 366 g/mol. The van der Waals surface area contributed by atoms with E-state index in [9.17, 15) is 5.11 Å². The molecule has 7 heteroatoms. The summed E-state index contributed by atoms with van der Waals surface area (Å²) in [6.07, 6.45) is -0.630. The van der Waals surface area contributed by atoms with Gasteiger partial charge in [-0.05, 0) is 44.5 Å². The van der Waals surface area contributed by atoms with Crippen molar-refractivity contribution in [2.24, 2.45) is 0 Å². The van der Waals surface area contributed by atoms with Gasteiger partial charge in [-0.25, -0.2) is 0 Å². The third-order valence-electron chi connectivity index (χ3n) is 3.44. The molecule has 1 aromatic carbocycles. The van der Waals surface area contributed by atoms with E-state index in [0.717, 1.165) is 11.3 Å². The minimum Gasteiger partial charge on any atom is -0.491 e. The molecule has 1 atom stereocenters. The van der Waals surface area contributed by atoms with Crippen molar-refractivity contribution in [1.29, 1.82) is 0 Å². The summed E-state index contributed by atoms with van der Waals surface area (Å²) >= 11 is 5.69. The van der Waals surface area contributed by atoms with Gasteiger partial charge < -0.3 is 19.9 Å². The third-order valence-corrected chi connectivity index (χ3v) is 3.64. The van der Waals surface area contributed by atoms with Crippen LogP contribution in [0.4, 0.5) is 0 Å². The van der Waals surface area contributed by atoms with Gasteiger partial charge in [-0.2, -0.15) is 0 Å². The van der Waals surface area contributed by atoms with Crippen molar-refractivity contribution in [3.05, 3.63) is 47.1 Å². The zero-order valence-electron chi connectivity index (χ0n) is 14.7. The molecule has 1 unspecified atom stereocenters. The maximum atomic E-state index is 10.1. The lowest BCUT2D eigenvalue weighted by Gasteiger charge is -2.27. The molecule has 0 aliphatic carbocycles. The summed E-state index contributed by atoms with van der Waals surface area (Å²) in [5.74, 6) is 1.16. The SMILES string of the molecule is Cc1cccc(OCC(O)CNC(C)(C)COc2ccc(Cl)nn2)c1. The first-order chi connectivity index (χ1) is 11.8. The molecule has 0 bridgehead atoms. The van der Waals surface area contributed by atoms with Crippen LogP contribution in [0.25, 0.3) is 0 Å². The van der Waals surface area contributed by atoms with Crippen LogP contribution >= 0.6 is 11.6 Å². The van der Waals surface area contributed by atoms with Gasteiger partial charge in [-0.1, -0.05) is 23.7 Å². The number of nitrogens with zero attached hydrogens (tertiary/aromatic N) is 2. The van der Waals surface area contributed by atoms with Crippen LogP contribution in [0, 0.1) is 6.92 Å². The van der Waals surface area contributed by atoms with Crippen LogP contribution in [0.5, 0.6) is 11.6 Å². The molecule has 2 aromatic rings. The zero-order valence-corrected chi connectivity index (χ0v) is 15.5. The van der Waals surface area contributed by atoms with Gasteiger partial charge in [-0.15, -0.1) is 10.2 Å². The summed E-state index contributed by atoms with van der Waals surface area (Å²) in [5.41, 5.74) is 0.764. The Labute approximate surface area is 153 Å². The lowest BCUT2D eigenvalue weighted by Crippen LogP contribution is -2.48. The van der Waals surface area contributed by atoms with Gasteiger partial charge in [0.1, 0.15) is 25.1 Å². The quantitative estimate of drug-likeness (QED) is 0.711. The van der Waals surface area contributed by atoms with Crippen LogP contribution in [-0.4, -0.2) is 46.7 Å². The van der Waals surface area contributed by atoms with E-state index in [2.05, 4.69) is 15.5 Å². The Bertz CT molecular complexity index is 665. The summed E-state index contributed by atoms with van der Waals surface area (Å²) in [7, 11) is 0. The molecule has 0 saturated carbocycles. The minimum atomic E-state index is -0.630. The fraction of sp³-hybridized carbons (Fsp3) is 0.444. The van der Waals surface area contributed by atoms with Gasteiger partial charge in [0.25, 0.3) is 0 Å². The maximum Gasteiger partial charge on any atom is 0.233 e. The largest absolute Gasteiger partial charge is 0.491 e. The van der Waals surface area contributed by atoms with Crippen molar-refractivity contribution >= 4 is 11.6 Å². The second-order valence-corrected chi connectivity index (χ2v) is 6.92. The fourth-order valence-corrected chi connectivity index (χ4v) is 2.14. The smallest absolute Gasteiger partial charge is 0.233 e. The van der Waals surface area contributed by atoms with Gasteiger partial charge in [0.2, 0.25) is 5.88 Å². The Kier molecular flexibility index (Phi) is 6.99. The molecule has 0 aliphatic rings. The summed E-state index contributed by atoms with van der Waals surface area (Å²) in [6, 6.07) is 11.0. The van der Waals surface area contributed by atoms with Crippen molar-refractivity contribution in [3.8, 4) is 11.6 Å². The molecule has 0 fully saturated rings. The minimum absolute atomic E-state index is 0.218. The first-order valence-corrected chi connectivity index (χ1v) is 8.46. The molecule has 0 saturated heterocycles. The number of aliphatic hydroxyl groups excluding tert-OH is 1. The number of β-amino-alcohol motifs (C(OH)–C–C–N with tert-alkyl or cyclic N) is 1. The highest BCUT2D eigenvalue weighted by Gasteiger charge is 2.20. The fourth-order valence-electron chi connectivity index (χ4n) is 2.04. The summed E-state index contributed by atoms with van der Waals surface area (Å²) in [5, 5.41) is 21.2. The molecule has 6 nitrogen and oxygen atoms in total. The first kappa shape index (κ1) is 19.4. The number of aliphatic hydroxyl groups is 1. The van der Waals surface area contributed by atoms with E-state index in [4.69, 9.17) is 21.1 Å². The molecular formula is C18H24ClN3O3. The van der Waals surface area contributed by atoms with Crippen LogP contribution in [0.3, 0.4) is 0 Å². The number of hydrogen-bond acceptors (Lipinski definition) is 6. The monoisotopic (exact) mass is 365 g/mol. The molecule has 0 spiro atoms. The van der Waals surface area contributed by atoms with Crippen LogP contribution in [-0.2, 0) is 0 Å². The topological polar surface area (TPSA) is 76.5 Å². The van der Waals surface area contributed by atoms with Crippen molar-refractivity contribution in [1.82, 2.24) is 15.5 Å². The lowest BCUT2D eigenvalue weighted by atomic mass is 10.1. The second-order valence-electron chi connectivity index (χ2n) is 6.53. The molecule has 1 aromatic heterocycles. The lowest BCUT2D eigenvalue weighted by molar-refractivity contribution is 0.0922. The first-order valence-electron chi connectivity index (χ1n) is 8.09. The predicted octanol–water partition coefficient (Wildman–Crippen LogP) is 2.63. The van der Waals surface area contributed by atoms with Gasteiger partial charge in [0.05, 0.1) is 0 Å². The van der Waals surface area contributed by atoms with Crippen LogP contribution < -0.4 is 14.8 Å². The Morgan fingerprint density at radius 3 is 2.68 bits per heavy atom. The zero-order chi connectivity index (χ0) is 18.3. The summed E-state index contributed by atoms with van der Waals surface area (Å²) < 4.78 is 11.2. The summed E-state index contributed by atoms with van der Waals surface area (Å²) in [4.78, 5) is 0. The normalized spacial score (nSPS) is 12.7. The van der Waals surface area contributed by atoms with E-state index in [1.165, 1.54) is 0 Å². The van der Waals surface area contributed by atoms with Gasteiger partial charge in [0, 0.05) is 18.2 Å². The molecule has 0 aliphatic heterocycles. The van der Waals surface area contributed by atoms with Crippen molar-refractivity contribution in [3.63, 3.8) is 0 Å². The molecule has 25 heavy (non-hydrogen) atoms. The van der Waals surface area contributed by atoms with E-state index in [0.29, 0.717) is 24.2 Å². The Morgan fingerprint density at radius 2 is 2.00 bits per heavy atom. The highest BCUT2D eigenvalue weighted by atomic mass is 35.5. The van der Waals surface area contributed by atoms with E-state index in [1.54, 1.807) is 12.1 Å². The Hall–Kier alpha value is -1.89. The van der Waals surface area contributed by atoms with Crippen LogP contribution in [0.1, 0.15) is 19.4 Å². The molecule has 1 heterocycles. The van der Waals surface area contributed by atoms with E-state index in [1.807, 2.05) is 45.0 Å². The molecule has 136 valence electrons. The van der Waals surface area contributed by atoms with Gasteiger partial charge in [0.15, 0.2) is 5.15 Å². The van der Waals surface area contributed by atoms with Gasteiger partial charge in [-0.3, -0.25) is 0 Å². The average Bonchev–Trinajstić information content (AvgIpc) is 2.58. The van der Waals surface area contributed by atoms with Crippen LogP contribution in [0.2, 0.25) is 5.15 Å². The van der Waals surface area contributed by atoms with Crippen molar-refractivity contribution < 1.29 is 14.6 Å². The van der Waals surface area contributed by atoms with E-state index >= 15 is 0 Å². The molecular weight excluding hydrogens is 342 g/mol. The molecule has 2 N–H and O–H groups in total. The third kappa shape index (κ3) is 7.25. The number of hydrogen-bond donors (Lipinski definition) is 2. The highest BCUT2D eigenvalue weighted by Crippen LogP contribution is 2.13. The molecule has 0 amide bonds. The van der Waals surface area contributed by atoms with E-state index < -0.39 is 6.10 Å². The van der Waals surface area contributed by atoms with Crippen molar-refractivity contribution in [2.75, 3.05) is 19.8 Å². The van der Waals surface area contributed by atoms with Gasteiger partial charge >= 0.3 is 0 Å². The Balaban J connectivity index is 1.71. The number of rotatable bonds is 9. The van der Waals surface area contributed by atoms with Crippen molar-refractivity contribution in [2.45, 2.75) is 32.4 Å². The molecule has 0 radical (unpaired) electrons. The Morgan fingerprint density at radius 1 is 1.20 bits per heavy atom. The number of halogens is 1. The number of ether oxygens (including phenoxy) is 2. The summed E-state index contributed by atoms with van der Waals surface area (Å²) in [6.45, 7) is 6.92. The van der Waals surface area contributed by atoms with E-state index in [-0.39, 0.29) is 12.1 Å². The number of nitrogens with one attached hydrogen (secondary N) is 1. The number of aromatic nitrogens is 2. The highest BCUT2D eigenvalue weighted by molar-refractivity contribution is 6.29. The van der Waals surface area contributed by atoms with Crippen LogP contribution in [0.15, 0.2) is 36.4 Å². The second kappa shape index (κ2) is 8.99. The maximum absolute atomic E-state index is 10.1. The predicted molar refractivity (Wildman–Crippen MR) is 97.3 cm³/mol.